The van der Waals surface area contributed by atoms with E-state index >= 15 is 0 Å². The van der Waals surface area contributed by atoms with Crippen LogP contribution in [0, 0.1) is 6.07 Å². The van der Waals surface area contributed by atoms with Crippen LogP contribution in [0.25, 0.3) is 0 Å². The van der Waals surface area contributed by atoms with Gasteiger partial charge in [0.2, 0.25) is 0 Å². The second-order valence-corrected chi connectivity index (χ2v) is 1.08. The third kappa shape index (κ3) is 3.38. The molecule has 0 amide bonds. The van der Waals surface area contributed by atoms with Crippen LogP contribution >= 0.6 is 0 Å². The summed E-state index contributed by atoms with van der Waals surface area (Å²) in [6.45, 7) is 0. The van der Waals surface area contributed by atoms with Gasteiger partial charge in [0.25, 0.3) is 0 Å². The molecule has 1 radical (unpaired) electrons. The Balaban J connectivity index is 0.000000360. The van der Waals surface area contributed by atoms with Crippen LogP contribution in [0.2, 0.25) is 0 Å². The van der Waals surface area contributed by atoms with E-state index in [9.17, 15) is 0 Å². The Bertz CT molecular complexity index is 76.1. The summed E-state index contributed by atoms with van der Waals surface area (Å²) in [7, 11) is 0. The molecule has 0 saturated carbocycles. The van der Waals surface area contributed by atoms with Crippen molar-refractivity contribution < 1.29 is 0 Å². The molecule has 0 aromatic heterocycles. The maximum Gasteiger partial charge on any atom is -0.0184 e. The van der Waals surface area contributed by atoms with Crippen LogP contribution < -0.4 is 0 Å². The second kappa shape index (κ2) is 4.94. The molecule has 7 heavy (non-hydrogen) atoms. The van der Waals surface area contributed by atoms with Crippen LogP contribution in [-0.4, -0.2) is 48.9 Å². The van der Waals surface area contributed by atoms with E-state index in [2.05, 4.69) is 6.07 Å². The van der Waals surface area contributed by atoms with E-state index < -0.39 is 0 Å². The largest absolute Gasteiger partial charge is 0.0622 e. The predicted octanol–water partition coefficient (Wildman–Crippen LogP) is 0.571. The molecule has 0 bridgehead atoms. The fraction of sp³-hybridized carbons (Fsp3) is 0. The maximum atomic E-state index is 2.89. The molecular weight excluding hydrogens is 209 g/mol. The molecule has 0 nitrogen and oxygen atoms in total. The minimum absolute atomic E-state index is 0. The van der Waals surface area contributed by atoms with E-state index in [1.165, 1.54) is 0 Å². The van der Waals surface area contributed by atoms with Crippen molar-refractivity contribution in [1.82, 2.24) is 0 Å². The first-order chi connectivity index (χ1) is 3.00. The van der Waals surface area contributed by atoms with Crippen LogP contribution in [0.15, 0.2) is 30.3 Å². The number of hydrogen-bond donors (Lipinski definition) is 0. The van der Waals surface area contributed by atoms with Gasteiger partial charge in [-0.05, 0) is 6.07 Å². The van der Waals surface area contributed by atoms with Gasteiger partial charge in [-0.25, -0.2) is 0 Å². The van der Waals surface area contributed by atoms with Crippen molar-refractivity contribution in [3.8, 4) is 0 Å². The van der Waals surface area contributed by atoms with Gasteiger partial charge >= 0.3 is 48.9 Å². The van der Waals surface area contributed by atoms with Gasteiger partial charge in [-0.1, -0.05) is 30.3 Å². The molecule has 1 aromatic carbocycles. The number of rotatable bonds is 0. The van der Waals surface area contributed by atoms with Crippen molar-refractivity contribution in [2.75, 3.05) is 0 Å². The molecule has 33 valence electrons. The maximum absolute atomic E-state index is 2.89. The third-order valence-electron chi connectivity index (χ3n) is 0.607. The minimum atomic E-state index is 0. The molecule has 0 saturated heterocycles. The van der Waals surface area contributed by atoms with E-state index in [1.807, 2.05) is 30.3 Å². The smallest absolute Gasteiger partial charge is 0.0184 e. The average Bonchev–Trinajstić information content (AvgIpc) is 1.72. The van der Waals surface area contributed by atoms with Crippen LogP contribution in [0.4, 0.5) is 0 Å². The van der Waals surface area contributed by atoms with Gasteiger partial charge in [-0.3, -0.25) is 0 Å². The number of hydrogen-bond acceptors (Lipinski definition) is 0. The van der Waals surface area contributed by atoms with Crippen molar-refractivity contribution in [3.05, 3.63) is 36.4 Å². The van der Waals surface area contributed by atoms with Gasteiger partial charge in [-0.15, -0.1) is 0 Å². The zero-order valence-electron chi connectivity index (χ0n) is 3.39. The Labute approximate surface area is 84.0 Å². The average molecular weight is 216 g/mol. The van der Waals surface area contributed by atoms with E-state index in [1.54, 1.807) is 0 Å². The van der Waals surface area contributed by atoms with Crippen LogP contribution in [0.1, 0.15) is 0 Å². The van der Waals surface area contributed by atoms with Crippen molar-refractivity contribution in [1.29, 1.82) is 0 Å². The molecule has 0 N–H and O–H groups in total. The molecule has 1 rings (SSSR count). The molecule has 0 aliphatic carbocycles. The Hall–Kier alpha value is 0.791. The Morgan fingerprint density at radius 3 is 1.57 bits per heavy atom. The molecular formula is C6H7Ba. The molecule has 0 fully saturated rings. The zero-order valence-corrected chi connectivity index (χ0v) is 3.39. The molecule has 0 atom stereocenters. The standard InChI is InChI=1S/C6H5.Ba.2H/c1-2-4-6-5-3-1;;;/h1-5H;;;. The summed E-state index contributed by atoms with van der Waals surface area (Å²) >= 11 is 0. The number of benzene rings is 1. The fourth-order valence-electron chi connectivity index (χ4n) is 0.342. The summed E-state index contributed by atoms with van der Waals surface area (Å²) in [6, 6.07) is 12.5. The van der Waals surface area contributed by atoms with Crippen LogP contribution in [-0.2, 0) is 0 Å². The van der Waals surface area contributed by atoms with Crippen LogP contribution in [0.5, 0.6) is 0 Å². The van der Waals surface area contributed by atoms with E-state index in [4.69, 9.17) is 0 Å². The molecule has 1 heteroatoms. The van der Waals surface area contributed by atoms with Gasteiger partial charge in [0.05, 0.1) is 0 Å². The van der Waals surface area contributed by atoms with Crippen LogP contribution in [0.3, 0.4) is 0 Å². The molecule has 0 unspecified atom stereocenters. The Kier molecular flexibility index (Phi) is 5.50. The fourth-order valence-corrected chi connectivity index (χ4v) is 0.342. The van der Waals surface area contributed by atoms with Gasteiger partial charge in [0.15, 0.2) is 0 Å². The minimum Gasteiger partial charge on any atom is -0.0622 e. The van der Waals surface area contributed by atoms with Gasteiger partial charge in [0.1, 0.15) is 0 Å². The Morgan fingerprint density at radius 1 is 0.857 bits per heavy atom. The first kappa shape index (κ1) is 7.79. The first-order valence-electron chi connectivity index (χ1n) is 1.91. The molecule has 1 aromatic rings. The summed E-state index contributed by atoms with van der Waals surface area (Å²) in [6.07, 6.45) is 0. The van der Waals surface area contributed by atoms with Crippen molar-refractivity contribution in [3.63, 3.8) is 0 Å². The molecule has 0 aliphatic rings. The SMILES string of the molecule is [BaH2].[c]1ccccc1. The zero-order chi connectivity index (χ0) is 4.24. The predicted molar refractivity (Wildman–Crippen MR) is 33.8 cm³/mol. The summed E-state index contributed by atoms with van der Waals surface area (Å²) in [5, 5.41) is 0. The second-order valence-electron chi connectivity index (χ2n) is 1.08. The summed E-state index contributed by atoms with van der Waals surface area (Å²) in [4.78, 5) is 0. The van der Waals surface area contributed by atoms with Crippen molar-refractivity contribution in [2.45, 2.75) is 0 Å². The molecule has 0 aliphatic heterocycles. The van der Waals surface area contributed by atoms with Gasteiger partial charge in [0, 0.05) is 0 Å². The summed E-state index contributed by atoms with van der Waals surface area (Å²) in [5.74, 6) is 0. The van der Waals surface area contributed by atoms with E-state index in [0.29, 0.717) is 0 Å². The summed E-state index contributed by atoms with van der Waals surface area (Å²) in [5.41, 5.74) is 0. The first-order valence-corrected chi connectivity index (χ1v) is 1.91. The normalized spacial score (nSPS) is 6.86. The molecule has 0 heterocycles. The van der Waals surface area contributed by atoms with Crippen molar-refractivity contribution in [2.24, 2.45) is 0 Å². The monoisotopic (exact) mass is 217 g/mol. The topological polar surface area (TPSA) is 0 Å². The Morgan fingerprint density at radius 2 is 1.43 bits per heavy atom. The summed E-state index contributed by atoms with van der Waals surface area (Å²) < 4.78 is 0. The van der Waals surface area contributed by atoms with Gasteiger partial charge in [-0.2, -0.15) is 0 Å². The van der Waals surface area contributed by atoms with Gasteiger partial charge < -0.3 is 0 Å². The quantitative estimate of drug-likeness (QED) is 0.556. The van der Waals surface area contributed by atoms with Crippen molar-refractivity contribution >= 4 is 48.9 Å². The van der Waals surface area contributed by atoms with E-state index in [0.717, 1.165) is 0 Å². The molecule has 0 spiro atoms. The third-order valence-corrected chi connectivity index (χ3v) is 0.607. The van der Waals surface area contributed by atoms with E-state index in [-0.39, 0.29) is 48.9 Å².